The van der Waals surface area contributed by atoms with Crippen LogP contribution in [-0.4, -0.2) is 38.0 Å². The fourth-order valence-electron chi connectivity index (χ4n) is 4.95. The quantitative estimate of drug-likeness (QED) is 0.292. The largest absolute Gasteiger partial charge is 0.494 e. The molecule has 1 aliphatic rings. The number of rotatable bonds is 6. The highest BCUT2D eigenvalue weighted by molar-refractivity contribution is 6.07. The van der Waals surface area contributed by atoms with Crippen molar-refractivity contribution in [2.75, 3.05) is 0 Å². The number of alkyl halides is 2. The predicted molar refractivity (Wildman–Crippen MR) is 135 cm³/mol. The van der Waals surface area contributed by atoms with Crippen molar-refractivity contribution in [1.82, 2.24) is 25.0 Å². The smallest absolute Gasteiger partial charge is 0.387 e. The van der Waals surface area contributed by atoms with Gasteiger partial charge in [-0.05, 0) is 47.0 Å². The Balaban J connectivity index is 1.37. The summed E-state index contributed by atoms with van der Waals surface area (Å²) in [7, 11) is 1.86. The van der Waals surface area contributed by atoms with Crippen LogP contribution >= 0.6 is 0 Å². The molecule has 0 bridgehead atoms. The summed E-state index contributed by atoms with van der Waals surface area (Å²) in [5.74, 6) is -0.942. The van der Waals surface area contributed by atoms with E-state index in [4.69, 9.17) is 0 Å². The third-order valence-electron chi connectivity index (χ3n) is 6.74. The first-order valence-electron chi connectivity index (χ1n) is 11.7. The van der Waals surface area contributed by atoms with E-state index in [-0.39, 0.29) is 23.6 Å². The van der Waals surface area contributed by atoms with E-state index in [9.17, 15) is 23.5 Å². The highest BCUT2D eigenvalue weighted by atomic mass is 19.3. The summed E-state index contributed by atoms with van der Waals surface area (Å²) < 4.78 is 32.9. The van der Waals surface area contributed by atoms with Gasteiger partial charge in [-0.3, -0.25) is 14.8 Å². The van der Waals surface area contributed by atoms with Crippen LogP contribution in [-0.2, 0) is 23.9 Å². The lowest BCUT2D eigenvalue weighted by Crippen LogP contribution is -2.47. The Bertz CT molecular complexity index is 1730. The van der Waals surface area contributed by atoms with E-state index in [0.29, 0.717) is 10.9 Å². The molecule has 0 aliphatic carbocycles. The molecule has 3 N–H and O–H groups in total. The molecule has 5 aromatic rings. The van der Waals surface area contributed by atoms with Gasteiger partial charge in [-0.15, -0.1) is 0 Å². The summed E-state index contributed by atoms with van der Waals surface area (Å²) >= 11 is 0. The van der Waals surface area contributed by atoms with Crippen molar-refractivity contribution in [1.29, 1.82) is 0 Å². The van der Waals surface area contributed by atoms with Gasteiger partial charge >= 0.3 is 12.6 Å². The van der Waals surface area contributed by atoms with Crippen molar-refractivity contribution in [3.05, 3.63) is 78.6 Å². The molecule has 6 rings (SSSR count). The minimum atomic E-state index is -3.01. The van der Waals surface area contributed by atoms with E-state index in [1.54, 1.807) is 23.0 Å². The van der Waals surface area contributed by atoms with Gasteiger partial charge < -0.3 is 19.7 Å². The van der Waals surface area contributed by atoms with Crippen LogP contribution in [0.2, 0.25) is 0 Å². The zero-order valence-electron chi connectivity index (χ0n) is 20.0. The second kappa shape index (κ2) is 8.58. The molecule has 11 heteroatoms. The topological polar surface area (TPSA) is 110 Å². The van der Waals surface area contributed by atoms with E-state index < -0.39 is 24.1 Å². The number of urea groups is 1. The fraction of sp³-hybridized carbons (Fsp3) is 0.148. The van der Waals surface area contributed by atoms with Crippen LogP contribution in [0.4, 0.5) is 13.6 Å². The third kappa shape index (κ3) is 3.88. The van der Waals surface area contributed by atoms with Crippen molar-refractivity contribution in [3.63, 3.8) is 0 Å². The monoisotopic (exact) mass is 517 g/mol. The number of hydrogen-bond donors (Lipinski definition) is 3. The summed E-state index contributed by atoms with van der Waals surface area (Å²) in [5, 5.41) is 22.1. The van der Waals surface area contributed by atoms with Gasteiger partial charge in [0.05, 0.1) is 12.1 Å². The SMILES string of the molecule is Cn1cc2cc(-c3ccc([C@]4(Cn5cc6ccc(OC(F)F)cc6c5O)NC(=O)NC4=O)cc3)ccc2n1. The van der Waals surface area contributed by atoms with Gasteiger partial charge in [-0.1, -0.05) is 30.3 Å². The van der Waals surface area contributed by atoms with Gasteiger partial charge in [0.2, 0.25) is 0 Å². The molecule has 3 amide bonds. The number of aromatic hydroxyl groups is 1. The Morgan fingerprint density at radius 1 is 1.00 bits per heavy atom. The number of carbonyl (C=O) groups excluding carboxylic acids is 2. The molecule has 1 aliphatic heterocycles. The maximum absolute atomic E-state index is 13.1. The Morgan fingerprint density at radius 2 is 1.76 bits per heavy atom. The zero-order chi connectivity index (χ0) is 26.6. The maximum Gasteiger partial charge on any atom is 0.387 e. The number of amides is 3. The lowest BCUT2D eigenvalue weighted by molar-refractivity contribution is -0.124. The van der Waals surface area contributed by atoms with Crippen LogP contribution in [0, 0.1) is 0 Å². The summed E-state index contributed by atoms with van der Waals surface area (Å²) in [6.45, 7) is -3.15. The number of halogens is 2. The molecule has 192 valence electrons. The standard InChI is InChI=1S/C27H21F2N5O4/c1-33-12-18-10-16(5-9-22(18)32-33)15-2-6-19(7-3-15)27(24(36)30-26(37)31-27)14-34-13-17-4-8-20(38-25(28)29)11-21(17)23(34)35/h2-13,25,35H,14H2,1H3,(H2,30,31,36,37)/t27-/m0/s1. The van der Waals surface area contributed by atoms with Crippen LogP contribution in [0.25, 0.3) is 32.8 Å². The van der Waals surface area contributed by atoms with Crippen LogP contribution in [0.1, 0.15) is 5.56 Å². The molecule has 38 heavy (non-hydrogen) atoms. The molecule has 1 fully saturated rings. The zero-order valence-corrected chi connectivity index (χ0v) is 20.0. The Labute approximate surface area is 214 Å². The average molecular weight is 517 g/mol. The Hall–Kier alpha value is -4.93. The number of nitrogens with one attached hydrogen (secondary N) is 2. The highest BCUT2D eigenvalue weighted by Gasteiger charge is 2.48. The normalized spacial score (nSPS) is 17.4. The van der Waals surface area contributed by atoms with Crippen LogP contribution in [0.3, 0.4) is 0 Å². The fourth-order valence-corrected chi connectivity index (χ4v) is 4.95. The lowest BCUT2D eigenvalue weighted by Gasteiger charge is -2.27. The molecule has 0 saturated carbocycles. The molecule has 0 unspecified atom stereocenters. The number of imide groups is 1. The Kier molecular flexibility index (Phi) is 5.30. The summed E-state index contributed by atoms with van der Waals surface area (Å²) in [4.78, 5) is 25.4. The van der Waals surface area contributed by atoms with Gasteiger partial charge in [0.15, 0.2) is 11.4 Å². The van der Waals surface area contributed by atoms with Crippen LogP contribution < -0.4 is 15.4 Å². The lowest BCUT2D eigenvalue weighted by atomic mass is 9.88. The summed E-state index contributed by atoms with van der Waals surface area (Å²) in [5.41, 5.74) is 1.73. The van der Waals surface area contributed by atoms with E-state index in [1.165, 1.54) is 22.8 Å². The number of aromatic nitrogens is 3. The molecule has 3 aromatic carbocycles. The molecular weight excluding hydrogens is 496 g/mol. The van der Waals surface area contributed by atoms with Gasteiger partial charge in [0.25, 0.3) is 5.91 Å². The van der Waals surface area contributed by atoms with E-state index in [2.05, 4.69) is 20.5 Å². The summed E-state index contributed by atoms with van der Waals surface area (Å²) in [6, 6.07) is 16.6. The minimum Gasteiger partial charge on any atom is -0.494 e. The number of hydrogen-bond acceptors (Lipinski definition) is 5. The minimum absolute atomic E-state index is 0.109. The molecule has 1 atom stereocenters. The van der Waals surface area contributed by atoms with Crippen LogP contribution in [0.5, 0.6) is 11.6 Å². The first-order valence-corrected chi connectivity index (χ1v) is 11.7. The maximum atomic E-state index is 13.1. The Morgan fingerprint density at radius 3 is 2.47 bits per heavy atom. The first kappa shape index (κ1) is 23.5. The van der Waals surface area contributed by atoms with E-state index in [1.807, 2.05) is 43.6 Å². The molecule has 9 nitrogen and oxygen atoms in total. The van der Waals surface area contributed by atoms with Gasteiger partial charge in [-0.25, -0.2) is 4.79 Å². The number of fused-ring (bicyclic) bond motifs is 2. The first-order chi connectivity index (χ1) is 18.2. The molecule has 0 radical (unpaired) electrons. The van der Waals surface area contributed by atoms with Crippen molar-refractivity contribution in [2.45, 2.75) is 18.7 Å². The molecule has 0 spiro atoms. The van der Waals surface area contributed by atoms with Crippen LogP contribution in [0.15, 0.2) is 73.1 Å². The molecule has 3 heterocycles. The van der Waals surface area contributed by atoms with Crippen molar-refractivity contribution >= 4 is 33.6 Å². The number of ether oxygens (including phenoxy) is 1. The van der Waals surface area contributed by atoms with E-state index in [0.717, 1.165) is 22.0 Å². The predicted octanol–water partition coefficient (Wildman–Crippen LogP) is 4.24. The number of carbonyl (C=O) groups is 2. The van der Waals surface area contributed by atoms with Gasteiger partial charge in [0, 0.05) is 35.6 Å². The summed E-state index contributed by atoms with van der Waals surface area (Å²) in [6.07, 6.45) is 3.50. The highest BCUT2D eigenvalue weighted by Crippen LogP contribution is 2.36. The number of aryl methyl sites for hydroxylation is 1. The third-order valence-corrected chi connectivity index (χ3v) is 6.74. The van der Waals surface area contributed by atoms with Gasteiger partial charge in [-0.2, -0.15) is 13.9 Å². The molecule has 1 saturated heterocycles. The average Bonchev–Trinajstić information content (AvgIpc) is 3.50. The van der Waals surface area contributed by atoms with E-state index >= 15 is 0 Å². The number of nitrogens with zero attached hydrogens (tertiary/aromatic N) is 3. The second-order valence-electron chi connectivity index (χ2n) is 9.18. The van der Waals surface area contributed by atoms with Crippen molar-refractivity contribution in [2.24, 2.45) is 7.05 Å². The van der Waals surface area contributed by atoms with Gasteiger partial charge in [0.1, 0.15) is 5.75 Å². The molecule has 2 aromatic heterocycles. The second-order valence-corrected chi connectivity index (χ2v) is 9.18. The van der Waals surface area contributed by atoms with Crippen molar-refractivity contribution in [3.8, 4) is 22.8 Å². The van der Waals surface area contributed by atoms with Crippen molar-refractivity contribution < 1.29 is 28.2 Å². The molecular formula is C27H21F2N5O4. The number of benzene rings is 3.